The summed E-state index contributed by atoms with van der Waals surface area (Å²) >= 11 is 0. The maximum atomic E-state index is 9.02. The van der Waals surface area contributed by atoms with Crippen LogP contribution >= 0.6 is 0 Å². The van der Waals surface area contributed by atoms with Crippen molar-refractivity contribution >= 4 is 0 Å². The molecule has 0 aromatic heterocycles. The number of hydrogen-bond donors (Lipinski definition) is 1. The smallest absolute Gasteiger partial charge is 0.0967 e. The zero-order valence-electron chi connectivity index (χ0n) is 10.9. The predicted octanol–water partition coefficient (Wildman–Crippen LogP) is 2.00. The van der Waals surface area contributed by atoms with Crippen molar-refractivity contribution in [3.8, 4) is 6.07 Å². The van der Waals surface area contributed by atoms with Gasteiger partial charge < -0.3 is 4.90 Å². The highest BCUT2D eigenvalue weighted by Gasteiger charge is 2.21. The molecule has 3 nitrogen and oxygen atoms in total. The molecule has 2 atom stereocenters. The molecule has 0 aromatic carbocycles. The minimum Gasteiger partial charge on any atom is -0.303 e. The minimum absolute atomic E-state index is 0.0145. The minimum atomic E-state index is 0.0145. The molecule has 0 bridgehead atoms. The van der Waals surface area contributed by atoms with E-state index < -0.39 is 0 Å². The van der Waals surface area contributed by atoms with Crippen LogP contribution in [0.4, 0.5) is 0 Å². The van der Waals surface area contributed by atoms with E-state index in [0.717, 1.165) is 18.9 Å². The molecule has 0 aliphatic carbocycles. The van der Waals surface area contributed by atoms with Crippen molar-refractivity contribution in [1.82, 2.24) is 10.2 Å². The Hall–Kier alpha value is -0.590. The summed E-state index contributed by atoms with van der Waals surface area (Å²) in [4.78, 5) is 2.50. The van der Waals surface area contributed by atoms with E-state index in [1.807, 2.05) is 0 Å². The first-order valence-electron chi connectivity index (χ1n) is 6.53. The van der Waals surface area contributed by atoms with Crippen LogP contribution < -0.4 is 5.32 Å². The van der Waals surface area contributed by atoms with Crippen LogP contribution in [-0.4, -0.2) is 36.6 Å². The molecule has 1 rings (SSSR count). The zero-order chi connectivity index (χ0) is 12.0. The van der Waals surface area contributed by atoms with Crippen molar-refractivity contribution in [2.75, 3.05) is 19.6 Å². The molecule has 1 fully saturated rings. The summed E-state index contributed by atoms with van der Waals surface area (Å²) in [7, 11) is 0. The Morgan fingerprint density at radius 2 is 2.25 bits per heavy atom. The van der Waals surface area contributed by atoms with Gasteiger partial charge >= 0.3 is 0 Å². The average Bonchev–Trinajstić information content (AvgIpc) is 2.71. The van der Waals surface area contributed by atoms with Crippen LogP contribution in [-0.2, 0) is 0 Å². The fourth-order valence-corrected chi connectivity index (χ4v) is 2.35. The van der Waals surface area contributed by atoms with E-state index in [2.05, 4.69) is 37.1 Å². The van der Waals surface area contributed by atoms with Gasteiger partial charge in [-0.2, -0.15) is 5.26 Å². The van der Waals surface area contributed by atoms with Gasteiger partial charge in [-0.05, 0) is 39.2 Å². The second-order valence-corrected chi connectivity index (χ2v) is 5.16. The molecule has 0 amide bonds. The van der Waals surface area contributed by atoms with Crippen LogP contribution in [0.2, 0.25) is 0 Å². The molecule has 0 radical (unpaired) electrons. The van der Waals surface area contributed by atoms with Crippen molar-refractivity contribution < 1.29 is 0 Å². The summed E-state index contributed by atoms with van der Waals surface area (Å²) in [5, 5.41) is 12.3. The van der Waals surface area contributed by atoms with Crippen LogP contribution in [0.3, 0.4) is 0 Å². The Balaban J connectivity index is 2.21. The standard InChI is InChI=1S/C13H25N3/c1-4-12-5-7-16(10-12)8-6-13(9-14)15-11(2)3/h11-13,15H,4-8,10H2,1-3H3. The van der Waals surface area contributed by atoms with Crippen molar-refractivity contribution in [2.45, 2.75) is 52.1 Å². The number of hydrogen-bond acceptors (Lipinski definition) is 3. The summed E-state index contributed by atoms with van der Waals surface area (Å²) in [6, 6.07) is 2.75. The van der Waals surface area contributed by atoms with E-state index in [1.54, 1.807) is 0 Å². The first-order chi connectivity index (χ1) is 7.65. The Labute approximate surface area is 99.8 Å². The molecule has 1 heterocycles. The van der Waals surface area contributed by atoms with Gasteiger partial charge in [-0.3, -0.25) is 5.32 Å². The molecule has 0 spiro atoms. The Morgan fingerprint density at radius 3 is 2.75 bits per heavy atom. The molecule has 0 saturated carbocycles. The van der Waals surface area contributed by atoms with Gasteiger partial charge in [-0.15, -0.1) is 0 Å². The number of nitrogens with one attached hydrogen (secondary N) is 1. The van der Waals surface area contributed by atoms with Crippen LogP contribution in [0, 0.1) is 17.2 Å². The maximum absolute atomic E-state index is 9.02. The number of likely N-dealkylation sites (tertiary alicyclic amines) is 1. The molecule has 2 unspecified atom stereocenters. The third-order valence-corrected chi connectivity index (χ3v) is 3.37. The van der Waals surface area contributed by atoms with E-state index in [4.69, 9.17) is 5.26 Å². The number of nitriles is 1. The molecule has 92 valence electrons. The van der Waals surface area contributed by atoms with Gasteiger partial charge in [0.15, 0.2) is 0 Å². The van der Waals surface area contributed by atoms with Gasteiger partial charge in [0.05, 0.1) is 12.1 Å². The third kappa shape index (κ3) is 4.51. The first kappa shape index (κ1) is 13.5. The average molecular weight is 223 g/mol. The molecule has 0 aromatic rings. The SMILES string of the molecule is CCC1CCN(CCC(C#N)NC(C)C)C1. The maximum Gasteiger partial charge on any atom is 0.0967 e. The number of rotatable bonds is 6. The highest BCUT2D eigenvalue weighted by molar-refractivity contribution is 4.91. The van der Waals surface area contributed by atoms with Crippen LogP contribution in [0.15, 0.2) is 0 Å². The molecule has 1 aliphatic heterocycles. The second-order valence-electron chi connectivity index (χ2n) is 5.16. The monoisotopic (exact) mass is 223 g/mol. The lowest BCUT2D eigenvalue weighted by Crippen LogP contribution is -2.36. The summed E-state index contributed by atoms with van der Waals surface area (Å²) in [6.07, 6.45) is 3.58. The van der Waals surface area contributed by atoms with Crippen molar-refractivity contribution in [3.63, 3.8) is 0 Å². The predicted molar refractivity (Wildman–Crippen MR) is 67.1 cm³/mol. The van der Waals surface area contributed by atoms with E-state index in [9.17, 15) is 0 Å². The van der Waals surface area contributed by atoms with Crippen LogP contribution in [0.25, 0.3) is 0 Å². The van der Waals surface area contributed by atoms with Crippen LogP contribution in [0.1, 0.15) is 40.0 Å². The van der Waals surface area contributed by atoms with Gasteiger partial charge in [-0.25, -0.2) is 0 Å². The lowest BCUT2D eigenvalue weighted by Gasteiger charge is -2.19. The van der Waals surface area contributed by atoms with Gasteiger partial charge in [-0.1, -0.05) is 13.3 Å². The van der Waals surface area contributed by atoms with Gasteiger partial charge in [0.25, 0.3) is 0 Å². The summed E-state index contributed by atoms with van der Waals surface area (Å²) in [5.74, 6) is 0.888. The second kappa shape index (κ2) is 6.88. The van der Waals surface area contributed by atoms with Gasteiger partial charge in [0, 0.05) is 19.1 Å². The van der Waals surface area contributed by atoms with E-state index in [1.165, 1.54) is 25.9 Å². The highest BCUT2D eigenvalue weighted by Crippen LogP contribution is 2.19. The molecule has 16 heavy (non-hydrogen) atoms. The summed E-state index contributed by atoms with van der Waals surface area (Å²) < 4.78 is 0. The number of nitrogens with zero attached hydrogens (tertiary/aromatic N) is 2. The van der Waals surface area contributed by atoms with E-state index in [0.29, 0.717) is 6.04 Å². The van der Waals surface area contributed by atoms with Crippen molar-refractivity contribution in [1.29, 1.82) is 5.26 Å². The van der Waals surface area contributed by atoms with Crippen LogP contribution in [0.5, 0.6) is 0 Å². The first-order valence-corrected chi connectivity index (χ1v) is 6.53. The molecule has 3 heteroatoms. The molecule has 1 aliphatic rings. The summed E-state index contributed by atoms with van der Waals surface area (Å²) in [6.45, 7) is 9.97. The zero-order valence-corrected chi connectivity index (χ0v) is 10.9. The fourth-order valence-electron chi connectivity index (χ4n) is 2.35. The largest absolute Gasteiger partial charge is 0.303 e. The molecular formula is C13H25N3. The lowest BCUT2D eigenvalue weighted by molar-refractivity contribution is 0.304. The van der Waals surface area contributed by atoms with E-state index >= 15 is 0 Å². The van der Waals surface area contributed by atoms with Gasteiger partial charge in [0.1, 0.15) is 0 Å². The van der Waals surface area contributed by atoms with Crippen molar-refractivity contribution in [2.24, 2.45) is 5.92 Å². The third-order valence-electron chi connectivity index (χ3n) is 3.37. The molecule has 1 N–H and O–H groups in total. The Kier molecular flexibility index (Phi) is 5.79. The quantitative estimate of drug-likeness (QED) is 0.748. The molecule has 1 saturated heterocycles. The normalized spacial score (nSPS) is 23.6. The Bertz CT molecular complexity index is 232. The highest BCUT2D eigenvalue weighted by atomic mass is 15.1. The van der Waals surface area contributed by atoms with Crippen molar-refractivity contribution in [3.05, 3.63) is 0 Å². The lowest BCUT2D eigenvalue weighted by atomic mass is 10.1. The Morgan fingerprint density at radius 1 is 1.50 bits per heavy atom. The fraction of sp³-hybridized carbons (Fsp3) is 0.923. The van der Waals surface area contributed by atoms with Gasteiger partial charge in [0.2, 0.25) is 0 Å². The van der Waals surface area contributed by atoms with E-state index in [-0.39, 0.29) is 6.04 Å². The summed E-state index contributed by atoms with van der Waals surface area (Å²) in [5.41, 5.74) is 0. The molecular weight excluding hydrogens is 198 g/mol. The topological polar surface area (TPSA) is 39.1 Å².